The molecule has 0 fully saturated rings. The summed E-state index contributed by atoms with van der Waals surface area (Å²) in [5.41, 5.74) is 0. The van der Waals surface area contributed by atoms with Gasteiger partial charge < -0.3 is 4.98 Å². The van der Waals surface area contributed by atoms with Crippen molar-refractivity contribution in [3.05, 3.63) is 18.2 Å². The summed E-state index contributed by atoms with van der Waals surface area (Å²) in [6.07, 6.45) is 3.53. The normalized spacial score (nSPS) is 7.57. The molecule has 1 rings (SSSR count). The van der Waals surface area contributed by atoms with E-state index in [2.05, 4.69) is 9.97 Å². The van der Waals surface area contributed by atoms with Crippen LogP contribution in [0, 0.1) is 6.92 Å². The van der Waals surface area contributed by atoms with Crippen molar-refractivity contribution in [2.75, 3.05) is 0 Å². The fourth-order valence-electron chi connectivity index (χ4n) is 0.344. The molecule has 42 valence electrons. The Morgan fingerprint density at radius 3 is 2.57 bits per heavy atom. The second kappa shape index (κ2) is 3.02. The van der Waals surface area contributed by atoms with Crippen LogP contribution >= 0.6 is 0 Å². The quantitative estimate of drug-likeness (QED) is 0.599. The van der Waals surface area contributed by atoms with Gasteiger partial charge in [0.2, 0.25) is 0 Å². The molecule has 1 aromatic rings. The van der Waals surface area contributed by atoms with Gasteiger partial charge in [-0.3, -0.25) is 0 Å². The van der Waals surface area contributed by atoms with Crippen molar-refractivity contribution in [2.45, 2.75) is 6.92 Å². The zero-order valence-electron chi connectivity index (χ0n) is 3.90. The monoisotopic (exact) mass is 189 g/mol. The fraction of sp³-hybridized carbons (Fsp3) is 0.250. The van der Waals surface area contributed by atoms with Crippen molar-refractivity contribution < 1.29 is 22.4 Å². The number of rotatable bonds is 0. The molecule has 0 bridgehead atoms. The Morgan fingerprint density at radius 1 is 1.71 bits per heavy atom. The number of imidazole rings is 1. The van der Waals surface area contributed by atoms with Gasteiger partial charge in [-0.25, -0.2) is 4.98 Å². The van der Waals surface area contributed by atoms with Crippen LogP contribution in [0.2, 0.25) is 0 Å². The molecule has 1 heterocycles. The Morgan fingerprint density at radius 2 is 2.43 bits per heavy atom. The minimum atomic E-state index is 0. The van der Waals surface area contributed by atoms with E-state index in [1.807, 2.05) is 6.92 Å². The molecule has 3 heteroatoms. The van der Waals surface area contributed by atoms with Gasteiger partial charge in [0, 0.05) is 12.4 Å². The van der Waals surface area contributed by atoms with E-state index in [0.29, 0.717) is 0 Å². The molecule has 0 spiro atoms. The van der Waals surface area contributed by atoms with Crippen molar-refractivity contribution in [1.29, 1.82) is 0 Å². The van der Waals surface area contributed by atoms with Crippen LogP contribution in [0.1, 0.15) is 5.82 Å². The maximum atomic E-state index is 3.86. The first kappa shape index (κ1) is 6.95. The summed E-state index contributed by atoms with van der Waals surface area (Å²) in [7, 11) is 0. The van der Waals surface area contributed by atoms with Crippen LogP contribution in [0.3, 0.4) is 0 Å². The molecule has 0 radical (unpaired) electrons. The third-order valence-corrected chi connectivity index (χ3v) is 0.635. The summed E-state index contributed by atoms with van der Waals surface area (Å²) >= 11 is 0. The van der Waals surface area contributed by atoms with E-state index in [1.54, 1.807) is 12.4 Å². The number of aryl methyl sites for hydroxylation is 1. The Balaban J connectivity index is 0.000000360. The number of aromatic amines is 1. The summed E-state index contributed by atoms with van der Waals surface area (Å²) < 4.78 is 0. The number of nitrogens with zero attached hydrogens (tertiary/aromatic N) is 1. The second-order valence-corrected chi connectivity index (χ2v) is 1.17. The van der Waals surface area contributed by atoms with Gasteiger partial charge in [-0.1, -0.05) is 0 Å². The third kappa shape index (κ3) is 1.92. The number of hydrogen-bond donors (Lipinski definition) is 1. The fourth-order valence-corrected chi connectivity index (χ4v) is 0.344. The minimum Gasteiger partial charge on any atom is -0.349 e. The van der Waals surface area contributed by atoms with Crippen LogP contribution in [0.4, 0.5) is 0 Å². The molecule has 0 aliphatic heterocycles. The standard InChI is InChI=1S/C4H6N2.Ag/c1-4-5-2-3-6-4;/h2-3H,1H3,(H,5,6);/q;+1. The zero-order chi connectivity index (χ0) is 4.41. The van der Waals surface area contributed by atoms with Crippen molar-refractivity contribution in [1.82, 2.24) is 9.97 Å². The van der Waals surface area contributed by atoms with Gasteiger partial charge in [0.25, 0.3) is 0 Å². The first-order chi connectivity index (χ1) is 2.89. The Kier molecular flexibility index (Phi) is 3.00. The predicted octanol–water partition coefficient (Wildman–Crippen LogP) is 0.716. The molecule has 2 nitrogen and oxygen atoms in total. The maximum absolute atomic E-state index is 3.86. The first-order valence-electron chi connectivity index (χ1n) is 1.85. The smallest absolute Gasteiger partial charge is 0.349 e. The Labute approximate surface area is 57.9 Å². The van der Waals surface area contributed by atoms with Crippen LogP contribution in [0.25, 0.3) is 0 Å². The van der Waals surface area contributed by atoms with E-state index < -0.39 is 0 Å². The summed E-state index contributed by atoms with van der Waals surface area (Å²) in [5, 5.41) is 0. The summed E-state index contributed by atoms with van der Waals surface area (Å²) in [6.45, 7) is 1.92. The molecule has 0 aliphatic carbocycles. The molecular weight excluding hydrogens is 184 g/mol. The van der Waals surface area contributed by atoms with E-state index in [0.717, 1.165) is 5.82 Å². The average molecular weight is 190 g/mol. The molecule has 0 amide bonds. The van der Waals surface area contributed by atoms with E-state index in [-0.39, 0.29) is 22.4 Å². The van der Waals surface area contributed by atoms with Gasteiger partial charge in [0.05, 0.1) is 0 Å². The van der Waals surface area contributed by atoms with Gasteiger partial charge in [-0.15, -0.1) is 0 Å². The van der Waals surface area contributed by atoms with Crippen LogP contribution in [-0.4, -0.2) is 9.97 Å². The topological polar surface area (TPSA) is 28.7 Å². The summed E-state index contributed by atoms with van der Waals surface area (Å²) in [6, 6.07) is 0. The summed E-state index contributed by atoms with van der Waals surface area (Å²) in [4.78, 5) is 6.75. The molecule has 0 unspecified atom stereocenters. The molecule has 0 atom stereocenters. The third-order valence-electron chi connectivity index (χ3n) is 0.635. The Hall–Kier alpha value is -0.0497. The molecule has 7 heavy (non-hydrogen) atoms. The molecule has 1 aromatic heterocycles. The van der Waals surface area contributed by atoms with Crippen molar-refractivity contribution >= 4 is 0 Å². The minimum absolute atomic E-state index is 0. The second-order valence-electron chi connectivity index (χ2n) is 1.17. The van der Waals surface area contributed by atoms with E-state index in [9.17, 15) is 0 Å². The van der Waals surface area contributed by atoms with Gasteiger partial charge in [0.1, 0.15) is 5.82 Å². The molecule has 0 aromatic carbocycles. The van der Waals surface area contributed by atoms with Crippen molar-refractivity contribution in [3.8, 4) is 0 Å². The molecule has 1 N–H and O–H groups in total. The van der Waals surface area contributed by atoms with E-state index >= 15 is 0 Å². The van der Waals surface area contributed by atoms with Gasteiger partial charge in [-0.2, -0.15) is 0 Å². The number of hydrogen-bond acceptors (Lipinski definition) is 1. The number of nitrogens with one attached hydrogen (secondary N) is 1. The van der Waals surface area contributed by atoms with E-state index in [4.69, 9.17) is 0 Å². The first-order valence-corrected chi connectivity index (χ1v) is 1.85. The SMILES string of the molecule is Cc1ncc[nH]1.[Ag+]. The van der Waals surface area contributed by atoms with Crippen LogP contribution in [0.5, 0.6) is 0 Å². The van der Waals surface area contributed by atoms with Crippen LogP contribution < -0.4 is 0 Å². The van der Waals surface area contributed by atoms with Gasteiger partial charge in [0.15, 0.2) is 0 Å². The zero-order valence-corrected chi connectivity index (χ0v) is 5.39. The van der Waals surface area contributed by atoms with Gasteiger partial charge >= 0.3 is 22.4 Å². The molecule has 0 saturated heterocycles. The predicted molar refractivity (Wildman–Crippen MR) is 23.3 cm³/mol. The number of H-pyrrole nitrogens is 1. The number of aromatic nitrogens is 2. The molecule has 0 aliphatic rings. The molecule has 0 saturated carbocycles. The van der Waals surface area contributed by atoms with Crippen LogP contribution in [-0.2, 0) is 22.4 Å². The van der Waals surface area contributed by atoms with Crippen molar-refractivity contribution in [3.63, 3.8) is 0 Å². The average Bonchev–Trinajstić information content (AvgIpc) is 1.86. The van der Waals surface area contributed by atoms with E-state index in [1.165, 1.54) is 0 Å². The Bertz CT molecular complexity index is 113. The molecular formula is C4H6AgN2+. The maximum Gasteiger partial charge on any atom is 1.00 e. The summed E-state index contributed by atoms with van der Waals surface area (Å²) in [5.74, 6) is 0.968. The largest absolute Gasteiger partial charge is 1.00 e. The van der Waals surface area contributed by atoms with Crippen LogP contribution in [0.15, 0.2) is 12.4 Å². The van der Waals surface area contributed by atoms with Crippen molar-refractivity contribution in [2.24, 2.45) is 0 Å². The van der Waals surface area contributed by atoms with Gasteiger partial charge in [-0.05, 0) is 6.92 Å².